The van der Waals surface area contributed by atoms with E-state index in [-0.39, 0.29) is 29.8 Å². The number of nitrogens with zero attached hydrogens (tertiary/aromatic N) is 2. The molecule has 0 bridgehead atoms. The third-order valence-corrected chi connectivity index (χ3v) is 5.80. The summed E-state index contributed by atoms with van der Waals surface area (Å²) in [5.41, 5.74) is 0.215. The van der Waals surface area contributed by atoms with E-state index in [4.69, 9.17) is 4.74 Å². The molecule has 7 heteroatoms. The Morgan fingerprint density at radius 2 is 1.53 bits per heavy atom. The Morgan fingerprint density at radius 3 is 2.25 bits per heavy atom. The number of nitrogens with one attached hydrogen (secondary N) is 1. The quantitative estimate of drug-likeness (QED) is 0.619. The molecule has 0 aliphatic heterocycles. The summed E-state index contributed by atoms with van der Waals surface area (Å²) in [5, 5.41) is 8.03. The number of aromatic nitrogens is 2. The molecule has 0 radical (unpaired) electrons. The number of ether oxygens (including phenoxy) is 1. The second-order valence-corrected chi connectivity index (χ2v) is 8.13. The Morgan fingerprint density at radius 1 is 0.906 bits per heavy atom. The molecule has 0 saturated heterocycles. The zero-order valence-electron chi connectivity index (χ0n) is 18.0. The Labute approximate surface area is 186 Å². The van der Waals surface area contributed by atoms with Crippen molar-refractivity contribution in [1.29, 1.82) is 0 Å². The molecular weight excluding hydrogens is 406 g/mol. The molecular formula is C25H27N3O4. The maximum absolute atomic E-state index is 12.9. The standard InChI is InChI=1S/C25H27N3O4/c29-22(26-18-11-5-2-1-3-6-12-18)17-32-25(31)23-20-15-9-10-16-21(20)24(30)28(27-23)19-13-7-4-8-14-19/h4,7-10,13-16,18H,1-3,5-6,11-12,17H2,(H,26,29). The molecule has 0 unspecified atom stereocenters. The van der Waals surface area contributed by atoms with Crippen LogP contribution in [0.2, 0.25) is 0 Å². The number of rotatable bonds is 5. The molecule has 2 aromatic carbocycles. The van der Waals surface area contributed by atoms with Crippen LogP contribution in [-0.2, 0) is 9.53 Å². The minimum Gasteiger partial charge on any atom is -0.451 e. The van der Waals surface area contributed by atoms with E-state index in [2.05, 4.69) is 10.4 Å². The van der Waals surface area contributed by atoms with Crippen molar-refractivity contribution in [2.75, 3.05) is 6.61 Å². The number of carbonyl (C=O) groups excluding carboxylic acids is 2. The molecule has 1 N–H and O–H groups in total. The lowest BCUT2D eigenvalue weighted by Crippen LogP contribution is -2.38. The predicted molar refractivity (Wildman–Crippen MR) is 122 cm³/mol. The fraction of sp³-hybridized carbons (Fsp3) is 0.360. The van der Waals surface area contributed by atoms with Crippen LogP contribution < -0.4 is 10.9 Å². The van der Waals surface area contributed by atoms with Crippen LogP contribution >= 0.6 is 0 Å². The highest BCUT2D eigenvalue weighted by atomic mass is 16.5. The van der Waals surface area contributed by atoms with Crippen molar-refractivity contribution in [3.63, 3.8) is 0 Å². The van der Waals surface area contributed by atoms with Gasteiger partial charge in [0, 0.05) is 11.4 Å². The molecule has 1 fully saturated rings. The molecule has 32 heavy (non-hydrogen) atoms. The van der Waals surface area contributed by atoms with Gasteiger partial charge >= 0.3 is 5.97 Å². The Balaban J connectivity index is 1.52. The normalized spacial score (nSPS) is 15.0. The van der Waals surface area contributed by atoms with Crippen LogP contribution in [0.25, 0.3) is 16.5 Å². The average molecular weight is 434 g/mol. The number of hydrogen-bond donors (Lipinski definition) is 1. The largest absolute Gasteiger partial charge is 0.451 e. The van der Waals surface area contributed by atoms with Gasteiger partial charge in [-0.25, -0.2) is 4.79 Å². The van der Waals surface area contributed by atoms with Crippen molar-refractivity contribution in [2.45, 2.75) is 51.0 Å². The third kappa shape index (κ3) is 5.04. The molecule has 1 saturated carbocycles. The fourth-order valence-electron chi connectivity index (χ4n) is 4.15. The molecule has 1 heterocycles. The fourth-order valence-corrected chi connectivity index (χ4v) is 4.15. The maximum atomic E-state index is 12.9. The van der Waals surface area contributed by atoms with Crippen LogP contribution in [0.15, 0.2) is 59.4 Å². The second kappa shape index (κ2) is 10.2. The van der Waals surface area contributed by atoms with Gasteiger partial charge in [0.2, 0.25) is 0 Å². The average Bonchev–Trinajstić information content (AvgIpc) is 2.80. The molecule has 1 aromatic heterocycles. The smallest absolute Gasteiger partial charge is 0.359 e. The number of amides is 1. The number of hydrogen-bond acceptors (Lipinski definition) is 5. The van der Waals surface area contributed by atoms with Crippen LogP contribution in [0.5, 0.6) is 0 Å². The predicted octanol–water partition coefficient (Wildman–Crippen LogP) is 3.77. The summed E-state index contributed by atoms with van der Waals surface area (Å²) in [6.07, 6.45) is 7.74. The first-order chi connectivity index (χ1) is 15.6. The molecule has 1 aliphatic rings. The van der Waals surface area contributed by atoms with Gasteiger partial charge in [-0.15, -0.1) is 0 Å². The highest BCUT2D eigenvalue weighted by Gasteiger charge is 2.20. The van der Waals surface area contributed by atoms with Crippen molar-refractivity contribution in [2.24, 2.45) is 0 Å². The number of carbonyl (C=O) groups is 2. The third-order valence-electron chi connectivity index (χ3n) is 5.80. The molecule has 1 aliphatic carbocycles. The maximum Gasteiger partial charge on any atom is 0.359 e. The molecule has 7 nitrogen and oxygen atoms in total. The first kappa shape index (κ1) is 21.7. The van der Waals surface area contributed by atoms with E-state index in [1.54, 1.807) is 48.5 Å². The Hall–Kier alpha value is -3.48. The topological polar surface area (TPSA) is 90.3 Å². The number of para-hydroxylation sites is 1. The summed E-state index contributed by atoms with van der Waals surface area (Å²) in [7, 11) is 0. The zero-order valence-corrected chi connectivity index (χ0v) is 18.0. The van der Waals surface area contributed by atoms with Crippen LogP contribution in [0.4, 0.5) is 0 Å². The minimum atomic E-state index is -0.737. The Kier molecular flexibility index (Phi) is 6.94. The highest BCUT2D eigenvalue weighted by Crippen LogP contribution is 2.18. The number of benzene rings is 2. The zero-order chi connectivity index (χ0) is 22.3. The monoisotopic (exact) mass is 433 g/mol. The van der Waals surface area contributed by atoms with E-state index in [0.717, 1.165) is 25.7 Å². The lowest BCUT2D eigenvalue weighted by atomic mass is 9.97. The van der Waals surface area contributed by atoms with Gasteiger partial charge in [-0.1, -0.05) is 68.5 Å². The van der Waals surface area contributed by atoms with Crippen molar-refractivity contribution in [1.82, 2.24) is 15.1 Å². The summed E-state index contributed by atoms with van der Waals surface area (Å²) in [4.78, 5) is 38.2. The number of fused-ring (bicyclic) bond motifs is 1. The minimum absolute atomic E-state index is 0.00260. The van der Waals surface area contributed by atoms with Gasteiger partial charge < -0.3 is 10.1 Å². The second-order valence-electron chi connectivity index (χ2n) is 8.13. The summed E-state index contributed by atoms with van der Waals surface area (Å²) < 4.78 is 6.49. The molecule has 166 valence electrons. The van der Waals surface area contributed by atoms with E-state index in [0.29, 0.717) is 16.5 Å². The van der Waals surface area contributed by atoms with Crippen LogP contribution in [0.3, 0.4) is 0 Å². The van der Waals surface area contributed by atoms with E-state index in [1.807, 2.05) is 6.07 Å². The van der Waals surface area contributed by atoms with Gasteiger partial charge in [-0.2, -0.15) is 9.78 Å². The van der Waals surface area contributed by atoms with Gasteiger partial charge in [0.25, 0.3) is 11.5 Å². The molecule has 3 aromatic rings. The van der Waals surface area contributed by atoms with Gasteiger partial charge in [-0.3, -0.25) is 9.59 Å². The van der Waals surface area contributed by atoms with Crippen molar-refractivity contribution in [3.05, 3.63) is 70.6 Å². The molecule has 4 rings (SSSR count). The first-order valence-electron chi connectivity index (χ1n) is 11.2. The lowest BCUT2D eigenvalue weighted by molar-refractivity contribution is -0.125. The van der Waals surface area contributed by atoms with E-state index in [9.17, 15) is 14.4 Å². The van der Waals surface area contributed by atoms with E-state index < -0.39 is 5.97 Å². The number of esters is 1. The first-order valence-corrected chi connectivity index (χ1v) is 11.2. The van der Waals surface area contributed by atoms with Crippen LogP contribution in [0, 0.1) is 0 Å². The van der Waals surface area contributed by atoms with E-state index in [1.165, 1.54) is 23.9 Å². The van der Waals surface area contributed by atoms with Gasteiger partial charge in [0.1, 0.15) is 0 Å². The molecule has 0 spiro atoms. The molecule has 1 amide bonds. The SMILES string of the molecule is O=C(COC(=O)c1nn(-c2ccccc2)c(=O)c2ccccc12)NC1CCCCCCC1. The van der Waals surface area contributed by atoms with Crippen molar-refractivity contribution < 1.29 is 14.3 Å². The van der Waals surface area contributed by atoms with Gasteiger partial charge in [0.05, 0.1) is 11.1 Å². The molecule has 0 atom stereocenters. The summed E-state index contributed by atoms with van der Waals surface area (Å²) in [6, 6.07) is 15.8. The van der Waals surface area contributed by atoms with Crippen LogP contribution in [-0.4, -0.2) is 34.3 Å². The summed E-state index contributed by atoms with van der Waals surface area (Å²) in [5.74, 6) is -1.05. The van der Waals surface area contributed by atoms with Crippen LogP contribution in [0.1, 0.15) is 55.4 Å². The van der Waals surface area contributed by atoms with Crippen molar-refractivity contribution >= 4 is 22.6 Å². The Bertz CT molecular complexity index is 1150. The van der Waals surface area contributed by atoms with Crippen molar-refractivity contribution in [3.8, 4) is 5.69 Å². The summed E-state index contributed by atoms with van der Waals surface area (Å²) in [6.45, 7) is -0.379. The highest BCUT2D eigenvalue weighted by molar-refractivity contribution is 6.02. The summed E-state index contributed by atoms with van der Waals surface area (Å²) >= 11 is 0. The van der Waals surface area contributed by atoms with E-state index >= 15 is 0 Å². The van der Waals surface area contributed by atoms with Gasteiger partial charge in [-0.05, 0) is 31.0 Å². The van der Waals surface area contributed by atoms with Gasteiger partial charge in [0.15, 0.2) is 12.3 Å². The lowest BCUT2D eigenvalue weighted by Gasteiger charge is -2.20.